The molecule has 1 saturated heterocycles. The summed E-state index contributed by atoms with van der Waals surface area (Å²) in [6.07, 6.45) is 0. The minimum Gasteiger partial charge on any atom is -0.383 e. The molecule has 2 rings (SSSR count). The van der Waals surface area contributed by atoms with Crippen molar-refractivity contribution in [2.75, 3.05) is 31.6 Å². The van der Waals surface area contributed by atoms with Gasteiger partial charge >= 0.3 is 0 Å². The van der Waals surface area contributed by atoms with E-state index < -0.39 is 5.82 Å². The number of hydrogen-bond donors (Lipinski definition) is 2. The molecule has 88 valence electrons. The fraction of sp³-hybridized carbons (Fsp3) is 0.455. The van der Waals surface area contributed by atoms with Gasteiger partial charge in [-0.2, -0.15) is 0 Å². The summed E-state index contributed by atoms with van der Waals surface area (Å²) in [7, 11) is 0. The van der Waals surface area contributed by atoms with Crippen molar-refractivity contribution in [2.24, 2.45) is 0 Å². The first kappa shape index (κ1) is 11.6. The second-order valence-corrected chi connectivity index (χ2v) is 4.14. The minimum atomic E-state index is -0.397. The van der Waals surface area contributed by atoms with Gasteiger partial charge in [-0.1, -0.05) is 11.6 Å². The van der Waals surface area contributed by atoms with Gasteiger partial charge in [-0.25, -0.2) is 4.39 Å². The third-order valence-corrected chi connectivity index (χ3v) is 2.76. The van der Waals surface area contributed by atoms with E-state index in [9.17, 15) is 4.39 Å². The van der Waals surface area contributed by atoms with Crippen LogP contribution in [0.4, 0.5) is 10.1 Å². The molecular weight excluding hydrogens is 231 g/mol. The second kappa shape index (κ2) is 5.48. The molecule has 1 unspecified atom stereocenters. The summed E-state index contributed by atoms with van der Waals surface area (Å²) in [6, 6.07) is 4.90. The molecule has 0 radical (unpaired) electrons. The average Bonchev–Trinajstić information content (AvgIpc) is 2.32. The Morgan fingerprint density at radius 3 is 3.12 bits per heavy atom. The first-order valence-electron chi connectivity index (χ1n) is 5.26. The van der Waals surface area contributed by atoms with Crippen molar-refractivity contribution >= 4 is 17.3 Å². The van der Waals surface area contributed by atoms with Crippen molar-refractivity contribution in [3.8, 4) is 0 Å². The number of hydrogen-bond acceptors (Lipinski definition) is 3. The summed E-state index contributed by atoms with van der Waals surface area (Å²) < 4.78 is 18.2. The molecule has 0 amide bonds. The maximum Gasteiger partial charge on any atom is 0.141 e. The van der Waals surface area contributed by atoms with E-state index in [4.69, 9.17) is 16.3 Å². The van der Waals surface area contributed by atoms with Crippen LogP contribution >= 0.6 is 11.6 Å². The van der Waals surface area contributed by atoms with Crippen LogP contribution in [0.25, 0.3) is 0 Å². The van der Waals surface area contributed by atoms with Gasteiger partial charge in [-0.15, -0.1) is 0 Å². The van der Waals surface area contributed by atoms with E-state index in [-0.39, 0.29) is 11.1 Å². The van der Waals surface area contributed by atoms with Gasteiger partial charge in [0, 0.05) is 24.8 Å². The van der Waals surface area contributed by atoms with Crippen LogP contribution in [0.3, 0.4) is 0 Å². The van der Waals surface area contributed by atoms with Gasteiger partial charge in [-0.05, 0) is 18.2 Å². The van der Waals surface area contributed by atoms with Crippen LogP contribution in [-0.4, -0.2) is 32.3 Å². The molecule has 1 fully saturated rings. The Morgan fingerprint density at radius 1 is 1.56 bits per heavy atom. The van der Waals surface area contributed by atoms with Gasteiger partial charge in [0.05, 0.1) is 18.2 Å². The van der Waals surface area contributed by atoms with Crippen molar-refractivity contribution in [3.63, 3.8) is 0 Å². The van der Waals surface area contributed by atoms with Crippen LogP contribution in [-0.2, 0) is 4.74 Å². The summed E-state index contributed by atoms with van der Waals surface area (Å²) >= 11 is 5.68. The van der Waals surface area contributed by atoms with Gasteiger partial charge in [0.25, 0.3) is 0 Å². The van der Waals surface area contributed by atoms with Gasteiger partial charge in [0.1, 0.15) is 5.82 Å². The van der Waals surface area contributed by atoms with Crippen LogP contribution in [0.2, 0.25) is 5.02 Å². The Hall–Kier alpha value is -0.840. The third-order valence-electron chi connectivity index (χ3n) is 2.47. The number of rotatable bonds is 3. The molecule has 0 spiro atoms. The molecule has 1 atom stereocenters. The first-order chi connectivity index (χ1) is 7.75. The SMILES string of the molecule is Fc1ccc(NCC2COCCN2)cc1Cl. The summed E-state index contributed by atoms with van der Waals surface area (Å²) in [5.41, 5.74) is 0.818. The fourth-order valence-electron chi connectivity index (χ4n) is 1.60. The lowest BCUT2D eigenvalue weighted by Crippen LogP contribution is -2.45. The number of nitrogens with one attached hydrogen (secondary N) is 2. The van der Waals surface area contributed by atoms with E-state index in [1.54, 1.807) is 12.1 Å². The van der Waals surface area contributed by atoms with Crippen LogP contribution in [0.15, 0.2) is 18.2 Å². The standard InChI is InChI=1S/C11H14ClFN2O/c12-10-5-8(1-2-11(10)13)15-6-9-7-16-4-3-14-9/h1-2,5,9,14-15H,3-4,6-7H2. The van der Waals surface area contributed by atoms with Crippen LogP contribution < -0.4 is 10.6 Å². The van der Waals surface area contributed by atoms with Crippen molar-refractivity contribution in [1.29, 1.82) is 0 Å². The average molecular weight is 245 g/mol. The van der Waals surface area contributed by atoms with E-state index in [0.29, 0.717) is 6.61 Å². The van der Waals surface area contributed by atoms with Crippen molar-refractivity contribution in [2.45, 2.75) is 6.04 Å². The first-order valence-corrected chi connectivity index (χ1v) is 5.63. The molecule has 1 aliphatic heterocycles. The highest BCUT2D eigenvalue weighted by Crippen LogP contribution is 2.19. The summed E-state index contributed by atoms with van der Waals surface area (Å²) in [6.45, 7) is 3.07. The smallest absolute Gasteiger partial charge is 0.141 e. The maximum absolute atomic E-state index is 12.9. The molecule has 16 heavy (non-hydrogen) atoms. The molecule has 0 bridgehead atoms. The fourth-order valence-corrected chi connectivity index (χ4v) is 1.78. The zero-order valence-electron chi connectivity index (χ0n) is 8.80. The van der Waals surface area contributed by atoms with E-state index in [0.717, 1.165) is 25.4 Å². The molecule has 2 N–H and O–H groups in total. The van der Waals surface area contributed by atoms with Gasteiger partial charge in [-0.3, -0.25) is 0 Å². The Bertz CT molecular complexity index is 356. The molecule has 1 aromatic rings. The van der Waals surface area contributed by atoms with Gasteiger partial charge in [0.2, 0.25) is 0 Å². The molecule has 1 aromatic carbocycles. The number of morpholine rings is 1. The largest absolute Gasteiger partial charge is 0.383 e. The molecule has 0 aliphatic carbocycles. The Labute approximate surface area is 98.9 Å². The number of ether oxygens (including phenoxy) is 1. The molecule has 5 heteroatoms. The normalized spacial score (nSPS) is 20.8. The highest BCUT2D eigenvalue weighted by Gasteiger charge is 2.12. The van der Waals surface area contributed by atoms with Gasteiger partial charge < -0.3 is 15.4 Å². The predicted molar refractivity (Wildman–Crippen MR) is 62.5 cm³/mol. The maximum atomic E-state index is 12.9. The molecule has 3 nitrogen and oxygen atoms in total. The Morgan fingerprint density at radius 2 is 2.44 bits per heavy atom. The van der Waals surface area contributed by atoms with Gasteiger partial charge in [0.15, 0.2) is 0 Å². The summed E-state index contributed by atoms with van der Waals surface area (Å²) in [5.74, 6) is -0.397. The zero-order chi connectivity index (χ0) is 11.4. The Balaban J connectivity index is 1.86. The van der Waals surface area contributed by atoms with E-state index >= 15 is 0 Å². The zero-order valence-corrected chi connectivity index (χ0v) is 9.56. The number of anilines is 1. The van der Waals surface area contributed by atoms with Crippen LogP contribution in [0, 0.1) is 5.82 Å². The lowest BCUT2D eigenvalue weighted by Gasteiger charge is -2.24. The van der Waals surface area contributed by atoms with Crippen molar-refractivity contribution < 1.29 is 9.13 Å². The topological polar surface area (TPSA) is 33.3 Å². The van der Waals surface area contributed by atoms with Crippen molar-refractivity contribution in [3.05, 3.63) is 29.0 Å². The summed E-state index contributed by atoms with van der Waals surface area (Å²) in [4.78, 5) is 0. The second-order valence-electron chi connectivity index (χ2n) is 3.74. The van der Waals surface area contributed by atoms with E-state index in [1.807, 2.05) is 0 Å². The van der Waals surface area contributed by atoms with E-state index in [2.05, 4.69) is 10.6 Å². The molecule has 0 aromatic heterocycles. The highest BCUT2D eigenvalue weighted by molar-refractivity contribution is 6.31. The summed E-state index contributed by atoms with van der Waals surface area (Å²) in [5, 5.41) is 6.65. The molecule has 1 heterocycles. The number of halogens is 2. The van der Waals surface area contributed by atoms with Crippen LogP contribution in [0.5, 0.6) is 0 Å². The molecule has 1 aliphatic rings. The Kier molecular flexibility index (Phi) is 3.98. The lowest BCUT2D eigenvalue weighted by molar-refractivity contribution is 0.0806. The van der Waals surface area contributed by atoms with Crippen LogP contribution in [0.1, 0.15) is 0 Å². The quantitative estimate of drug-likeness (QED) is 0.852. The lowest BCUT2D eigenvalue weighted by atomic mass is 10.2. The van der Waals surface area contributed by atoms with E-state index in [1.165, 1.54) is 6.07 Å². The molecular formula is C11H14ClFN2O. The number of benzene rings is 1. The van der Waals surface area contributed by atoms with Crippen molar-refractivity contribution in [1.82, 2.24) is 5.32 Å². The third kappa shape index (κ3) is 3.07. The predicted octanol–water partition coefficient (Wildman–Crippen LogP) is 1.88. The minimum absolute atomic E-state index is 0.137. The molecule has 0 saturated carbocycles. The monoisotopic (exact) mass is 244 g/mol. The highest BCUT2D eigenvalue weighted by atomic mass is 35.5.